The molecule has 5 nitrogen and oxygen atoms in total. The Hall–Kier alpha value is -0.620. The van der Waals surface area contributed by atoms with Gasteiger partial charge in [0.05, 0.1) is 28.6 Å². The van der Waals surface area contributed by atoms with Crippen molar-refractivity contribution in [3.63, 3.8) is 0 Å². The van der Waals surface area contributed by atoms with Crippen molar-refractivity contribution in [2.45, 2.75) is 51.8 Å². The molecule has 0 aliphatic carbocycles. The van der Waals surface area contributed by atoms with Crippen LogP contribution in [0.2, 0.25) is 5.02 Å². The summed E-state index contributed by atoms with van der Waals surface area (Å²) in [6.45, 7) is 8.16. The maximum absolute atomic E-state index is 6.25. The van der Waals surface area contributed by atoms with Crippen LogP contribution < -0.4 is 11.3 Å². The van der Waals surface area contributed by atoms with E-state index in [0.29, 0.717) is 5.02 Å². The first kappa shape index (κ1) is 15.4. The zero-order chi connectivity index (χ0) is 13.9. The van der Waals surface area contributed by atoms with Gasteiger partial charge in [0.15, 0.2) is 0 Å². The predicted octanol–water partition coefficient (Wildman–Crippen LogP) is 2.44. The molecule has 18 heavy (non-hydrogen) atoms. The highest BCUT2D eigenvalue weighted by Crippen LogP contribution is 2.35. The minimum Gasteiger partial charge on any atom is -0.376 e. The number of nitrogens with zero attached hydrogens (tertiary/aromatic N) is 2. The smallest absolute Gasteiger partial charge is 0.0930 e. The van der Waals surface area contributed by atoms with Gasteiger partial charge in [0.25, 0.3) is 0 Å². The third-order valence-electron chi connectivity index (χ3n) is 3.50. The number of nitrogens with one attached hydrogen (secondary N) is 1. The monoisotopic (exact) mass is 274 g/mol. The van der Waals surface area contributed by atoms with E-state index in [0.717, 1.165) is 12.1 Å². The fraction of sp³-hybridized carbons (Fsp3) is 0.750. The Balaban J connectivity index is 3.28. The van der Waals surface area contributed by atoms with E-state index >= 15 is 0 Å². The zero-order valence-corrected chi connectivity index (χ0v) is 12.5. The molecule has 0 aliphatic rings. The summed E-state index contributed by atoms with van der Waals surface area (Å²) < 4.78 is 7.49. The topological polar surface area (TPSA) is 65.1 Å². The quantitative estimate of drug-likeness (QED) is 0.618. The van der Waals surface area contributed by atoms with Gasteiger partial charge in [-0.05, 0) is 27.2 Å². The molecule has 0 spiro atoms. The highest BCUT2D eigenvalue weighted by Gasteiger charge is 2.37. The molecule has 0 bridgehead atoms. The summed E-state index contributed by atoms with van der Waals surface area (Å²) in [5.74, 6) is 5.71. The largest absolute Gasteiger partial charge is 0.376 e. The van der Waals surface area contributed by atoms with Crippen LogP contribution in [0.25, 0.3) is 0 Å². The molecule has 1 heterocycles. The molecule has 1 aromatic heterocycles. The van der Waals surface area contributed by atoms with E-state index in [2.05, 4.69) is 31.3 Å². The molecule has 0 amide bonds. The fourth-order valence-corrected chi connectivity index (χ4v) is 2.28. The maximum atomic E-state index is 6.25. The van der Waals surface area contributed by atoms with Crippen LogP contribution in [-0.2, 0) is 4.74 Å². The molecule has 1 aromatic rings. The first-order valence-electron chi connectivity index (χ1n) is 6.15. The molecule has 6 heteroatoms. The van der Waals surface area contributed by atoms with Gasteiger partial charge in [-0.2, -0.15) is 5.10 Å². The summed E-state index contributed by atoms with van der Waals surface area (Å²) in [4.78, 5) is 0. The Labute approximate surface area is 114 Å². The molecule has 0 saturated carbocycles. The molecule has 1 rings (SSSR count). The third-order valence-corrected chi connectivity index (χ3v) is 3.79. The minimum absolute atomic E-state index is 0.210. The number of rotatable bonds is 6. The first-order valence-corrected chi connectivity index (χ1v) is 6.53. The second kappa shape index (κ2) is 6.02. The van der Waals surface area contributed by atoms with E-state index in [1.807, 2.05) is 11.6 Å². The molecule has 3 N–H and O–H groups in total. The van der Waals surface area contributed by atoms with Crippen LogP contribution >= 0.6 is 11.6 Å². The van der Waals surface area contributed by atoms with E-state index < -0.39 is 5.60 Å². The van der Waals surface area contributed by atoms with Crippen LogP contribution in [0.15, 0.2) is 6.20 Å². The normalized spacial score (nSPS) is 16.9. The van der Waals surface area contributed by atoms with E-state index in [-0.39, 0.29) is 12.1 Å². The highest BCUT2D eigenvalue weighted by atomic mass is 35.5. The average molecular weight is 275 g/mol. The Morgan fingerprint density at radius 3 is 2.61 bits per heavy atom. The van der Waals surface area contributed by atoms with E-state index in [1.165, 1.54) is 0 Å². The van der Waals surface area contributed by atoms with Crippen LogP contribution in [0.1, 0.15) is 51.9 Å². The van der Waals surface area contributed by atoms with Crippen molar-refractivity contribution in [3.8, 4) is 0 Å². The number of nitrogens with two attached hydrogens (primary N) is 1. The van der Waals surface area contributed by atoms with Gasteiger partial charge in [0.2, 0.25) is 0 Å². The molecule has 2 unspecified atom stereocenters. The van der Waals surface area contributed by atoms with Crippen molar-refractivity contribution >= 4 is 11.6 Å². The SMILES string of the molecule is CCC(C)(OC)C(NN)c1c(Cl)cnn1C(C)C. The van der Waals surface area contributed by atoms with Gasteiger partial charge in [-0.1, -0.05) is 18.5 Å². The van der Waals surface area contributed by atoms with Crippen LogP contribution in [0, 0.1) is 0 Å². The number of aromatic nitrogens is 2. The molecule has 0 radical (unpaired) electrons. The molecule has 0 aromatic carbocycles. The van der Waals surface area contributed by atoms with Gasteiger partial charge >= 0.3 is 0 Å². The van der Waals surface area contributed by atoms with Crippen molar-refractivity contribution in [1.82, 2.24) is 15.2 Å². The lowest BCUT2D eigenvalue weighted by Crippen LogP contribution is -2.46. The summed E-state index contributed by atoms with van der Waals surface area (Å²) in [6.07, 6.45) is 2.45. The standard InChI is InChI=1S/C12H23ClN4O/c1-6-12(4,18-5)11(16-14)10-9(13)7-15-17(10)8(2)3/h7-8,11,16H,6,14H2,1-5H3. The van der Waals surface area contributed by atoms with Gasteiger partial charge in [-0.15, -0.1) is 0 Å². The van der Waals surface area contributed by atoms with E-state index in [4.69, 9.17) is 22.2 Å². The molecule has 104 valence electrons. The second-order valence-corrected chi connectivity index (χ2v) is 5.29. The minimum atomic E-state index is -0.439. The Bertz CT molecular complexity index is 387. The molecule has 0 aliphatic heterocycles. The second-order valence-electron chi connectivity index (χ2n) is 4.89. The van der Waals surface area contributed by atoms with Crippen molar-refractivity contribution in [3.05, 3.63) is 16.9 Å². The Morgan fingerprint density at radius 1 is 1.61 bits per heavy atom. The highest BCUT2D eigenvalue weighted by molar-refractivity contribution is 6.31. The number of hydrogen-bond acceptors (Lipinski definition) is 4. The molecular weight excluding hydrogens is 252 g/mol. The molecule has 0 fully saturated rings. The lowest BCUT2D eigenvalue weighted by Gasteiger charge is -2.36. The lowest BCUT2D eigenvalue weighted by atomic mass is 9.91. The summed E-state index contributed by atoms with van der Waals surface area (Å²) in [5, 5.41) is 4.90. The number of ether oxygens (including phenoxy) is 1. The summed E-state index contributed by atoms with van der Waals surface area (Å²) >= 11 is 6.25. The molecule has 2 atom stereocenters. The van der Waals surface area contributed by atoms with Crippen molar-refractivity contribution in [2.75, 3.05) is 7.11 Å². The Kier molecular flexibility index (Phi) is 5.16. The third kappa shape index (κ3) is 2.69. The Morgan fingerprint density at radius 2 is 2.22 bits per heavy atom. The van der Waals surface area contributed by atoms with Crippen molar-refractivity contribution < 1.29 is 4.74 Å². The van der Waals surface area contributed by atoms with Crippen LogP contribution in [-0.4, -0.2) is 22.5 Å². The van der Waals surface area contributed by atoms with E-state index in [1.54, 1.807) is 13.3 Å². The molecular formula is C12H23ClN4O. The fourth-order valence-electron chi connectivity index (χ4n) is 2.04. The molecule has 0 saturated heterocycles. The first-order chi connectivity index (χ1) is 8.41. The summed E-state index contributed by atoms with van der Waals surface area (Å²) in [7, 11) is 1.68. The van der Waals surface area contributed by atoms with Crippen LogP contribution in [0.5, 0.6) is 0 Å². The number of methoxy groups -OCH3 is 1. The van der Waals surface area contributed by atoms with Crippen molar-refractivity contribution in [2.24, 2.45) is 5.84 Å². The van der Waals surface area contributed by atoms with Gasteiger partial charge in [-0.3, -0.25) is 10.5 Å². The zero-order valence-electron chi connectivity index (χ0n) is 11.7. The predicted molar refractivity (Wildman–Crippen MR) is 73.4 cm³/mol. The van der Waals surface area contributed by atoms with Gasteiger partial charge in [0, 0.05) is 13.2 Å². The summed E-state index contributed by atoms with van der Waals surface area (Å²) in [6, 6.07) is -0.00814. The van der Waals surface area contributed by atoms with Gasteiger partial charge in [0.1, 0.15) is 0 Å². The lowest BCUT2D eigenvalue weighted by molar-refractivity contribution is -0.0325. The number of halogens is 1. The summed E-state index contributed by atoms with van der Waals surface area (Å²) in [5.41, 5.74) is 3.23. The van der Waals surface area contributed by atoms with Gasteiger partial charge in [-0.25, -0.2) is 5.43 Å². The number of hydrazine groups is 1. The van der Waals surface area contributed by atoms with Crippen LogP contribution in [0.4, 0.5) is 0 Å². The average Bonchev–Trinajstić information content (AvgIpc) is 2.72. The number of hydrogen-bond donors (Lipinski definition) is 2. The van der Waals surface area contributed by atoms with Crippen LogP contribution in [0.3, 0.4) is 0 Å². The van der Waals surface area contributed by atoms with E-state index in [9.17, 15) is 0 Å². The van der Waals surface area contributed by atoms with Crippen molar-refractivity contribution in [1.29, 1.82) is 0 Å². The van der Waals surface area contributed by atoms with Gasteiger partial charge < -0.3 is 4.74 Å². The maximum Gasteiger partial charge on any atom is 0.0930 e.